The molecule has 106 valence electrons. The first-order chi connectivity index (χ1) is 8.29. The molecule has 1 rings (SSSR count). The van der Waals surface area contributed by atoms with Crippen molar-refractivity contribution >= 4 is 5.97 Å². The first kappa shape index (κ1) is 15.3. The Morgan fingerprint density at radius 3 is 2.28 bits per heavy atom. The van der Waals surface area contributed by atoms with Gasteiger partial charge in [0.2, 0.25) is 0 Å². The second-order valence-corrected chi connectivity index (χ2v) is 5.43. The summed E-state index contributed by atoms with van der Waals surface area (Å²) in [7, 11) is 0. The summed E-state index contributed by atoms with van der Waals surface area (Å²) >= 11 is 0. The predicted molar refractivity (Wildman–Crippen MR) is 62.2 cm³/mol. The van der Waals surface area contributed by atoms with Crippen molar-refractivity contribution < 1.29 is 23.1 Å². The third-order valence-electron chi connectivity index (χ3n) is 4.10. The fraction of sp³-hybridized carbons (Fsp3) is 0.923. The quantitative estimate of drug-likeness (QED) is 0.801. The molecule has 0 aliphatic heterocycles. The highest BCUT2D eigenvalue weighted by atomic mass is 19.4. The van der Waals surface area contributed by atoms with E-state index in [4.69, 9.17) is 0 Å². The van der Waals surface area contributed by atoms with Gasteiger partial charge in [-0.2, -0.15) is 13.2 Å². The van der Waals surface area contributed by atoms with Crippen LogP contribution in [0.25, 0.3) is 0 Å². The first-order valence-corrected chi connectivity index (χ1v) is 6.59. The second kappa shape index (κ2) is 5.93. The predicted octanol–water partition coefficient (Wildman–Crippen LogP) is 4.39. The zero-order chi connectivity index (χ0) is 13.8. The minimum Gasteiger partial charge on any atom is -0.481 e. The van der Waals surface area contributed by atoms with Crippen molar-refractivity contribution in [2.45, 2.75) is 64.5 Å². The van der Waals surface area contributed by atoms with Crippen molar-refractivity contribution in [2.75, 3.05) is 0 Å². The molecule has 1 saturated carbocycles. The molecule has 0 amide bonds. The Balaban J connectivity index is 2.59. The summed E-state index contributed by atoms with van der Waals surface area (Å²) < 4.78 is 36.7. The third-order valence-corrected chi connectivity index (χ3v) is 4.10. The maximum absolute atomic E-state index is 12.2. The van der Waals surface area contributed by atoms with Crippen molar-refractivity contribution in [3.8, 4) is 0 Å². The minimum atomic E-state index is -4.26. The molecule has 0 aromatic carbocycles. The topological polar surface area (TPSA) is 37.3 Å². The van der Waals surface area contributed by atoms with E-state index >= 15 is 0 Å². The standard InChI is InChI=1S/C13H21F3O2/c1-2-3-10-4-6-12(7-5-10,11(17)18)8-9-13(14,15)16/h10H,2-9H2,1H3,(H,17,18). The Hall–Kier alpha value is -0.740. The monoisotopic (exact) mass is 266 g/mol. The number of hydrogen-bond donors (Lipinski definition) is 1. The molecule has 0 aromatic rings. The van der Waals surface area contributed by atoms with E-state index in [2.05, 4.69) is 6.92 Å². The van der Waals surface area contributed by atoms with E-state index in [0.29, 0.717) is 18.8 Å². The summed E-state index contributed by atoms with van der Waals surface area (Å²) in [6.07, 6.45) is -1.14. The van der Waals surface area contributed by atoms with Crippen LogP contribution in [0.15, 0.2) is 0 Å². The molecular formula is C13H21F3O2. The van der Waals surface area contributed by atoms with Crippen LogP contribution >= 0.6 is 0 Å². The first-order valence-electron chi connectivity index (χ1n) is 6.59. The van der Waals surface area contributed by atoms with Gasteiger partial charge in [0, 0.05) is 6.42 Å². The fourth-order valence-corrected chi connectivity index (χ4v) is 2.88. The average molecular weight is 266 g/mol. The van der Waals surface area contributed by atoms with Gasteiger partial charge < -0.3 is 5.11 Å². The lowest BCUT2D eigenvalue weighted by Crippen LogP contribution is -2.36. The summed E-state index contributed by atoms with van der Waals surface area (Å²) in [6.45, 7) is 2.07. The third kappa shape index (κ3) is 4.18. The second-order valence-electron chi connectivity index (χ2n) is 5.43. The molecule has 0 atom stereocenters. The molecule has 1 aliphatic rings. The summed E-state index contributed by atoms with van der Waals surface area (Å²) in [4.78, 5) is 11.3. The van der Waals surface area contributed by atoms with Crippen LogP contribution in [-0.4, -0.2) is 17.3 Å². The Bertz CT molecular complexity index is 278. The van der Waals surface area contributed by atoms with Gasteiger partial charge in [-0.15, -0.1) is 0 Å². The molecule has 0 spiro atoms. The van der Waals surface area contributed by atoms with Crippen LogP contribution in [0.4, 0.5) is 13.2 Å². The lowest BCUT2D eigenvalue weighted by molar-refractivity contribution is -0.161. The van der Waals surface area contributed by atoms with E-state index in [1.807, 2.05) is 0 Å². The Kier molecular flexibility index (Phi) is 5.05. The Labute approximate surface area is 106 Å². The highest BCUT2D eigenvalue weighted by molar-refractivity contribution is 5.74. The smallest absolute Gasteiger partial charge is 0.389 e. The van der Waals surface area contributed by atoms with Gasteiger partial charge in [-0.25, -0.2) is 0 Å². The van der Waals surface area contributed by atoms with Crippen LogP contribution in [0.2, 0.25) is 0 Å². The SMILES string of the molecule is CCCC1CCC(CCC(F)(F)F)(C(=O)O)CC1. The minimum absolute atomic E-state index is 0.273. The molecule has 2 nitrogen and oxygen atoms in total. The average Bonchev–Trinajstić information content (AvgIpc) is 2.27. The van der Waals surface area contributed by atoms with Gasteiger partial charge >= 0.3 is 12.1 Å². The van der Waals surface area contributed by atoms with E-state index in [0.717, 1.165) is 25.7 Å². The van der Waals surface area contributed by atoms with Crippen LogP contribution in [0, 0.1) is 11.3 Å². The number of alkyl halides is 3. The molecular weight excluding hydrogens is 245 g/mol. The molecule has 0 radical (unpaired) electrons. The van der Waals surface area contributed by atoms with Crippen LogP contribution in [-0.2, 0) is 4.79 Å². The van der Waals surface area contributed by atoms with Crippen molar-refractivity contribution in [2.24, 2.45) is 11.3 Å². The number of carboxylic acid groups (broad SMARTS) is 1. The molecule has 1 N–H and O–H groups in total. The van der Waals surface area contributed by atoms with E-state index in [1.165, 1.54) is 0 Å². The highest BCUT2D eigenvalue weighted by Crippen LogP contribution is 2.45. The Morgan fingerprint density at radius 2 is 1.89 bits per heavy atom. The molecule has 5 heteroatoms. The maximum atomic E-state index is 12.2. The lowest BCUT2D eigenvalue weighted by atomic mass is 9.67. The zero-order valence-electron chi connectivity index (χ0n) is 10.7. The molecule has 0 aromatic heterocycles. The number of hydrogen-bond acceptors (Lipinski definition) is 1. The van der Waals surface area contributed by atoms with Crippen molar-refractivity contribution in [3.05, 3.63) is 0 Å². The van der Waals surface area contributed by atoms with Crippen LogP contribution in [0.5, 0.6) is 0 Å². The number of halogens is 3. The van der Waals surface area contributed by atoms with E-state index in [1.54, 1.807) is 0 Å². The number of carbonyl (C=O) groups is 1. The molecule has 1 fully saturated rings. The molecule has 0 unspecified atom stereocenters. The van der Waals surface area contributed by atoms with Gasteiger partial charge in [-0.3, -0.25) is 4.79 Å². The van der Waals surface area contributed by atoms with Crippen LogP contribution in [0.3, 0.4) is 0 Å². The van der Waals surface area contributed by atoms with Crippen LogP contribution in [0.1, 0.15) is 58.3 Å². The molecule has 0 bridgehead atoms. The van der Waals surface area contributed by atoms with Crippen molar-refractivity contribution in [1.82, 2.24) is 0 Å². The normalized spacial score (nSPS) is 29.2. The number of rotatable bonds is 5. The summed E-state index contributed by atoms with van der Waals surface area (Å²) in [6, 6.07) is 0. The zero-order valence-corrected chi connectivity index (χ0v) is 10.7. The van der Waals surface area contributed by atoms with Gasteiger partial charge in [-0.05, 0) is 38.0 Å². The maximum Gasteiger partial charge on any atom is 0.389 e. The van der Waals surface area contributed by atoms with Gasteiger partial charge in [0.15, 0.2) is 0 Å². The van der Waals surface area contributed by atoms with Gasteiger partial charge in [0.25, 0.3) is 0 Å². The summed E-state index contributed by atoms with van der Waals surface area (Å²) in [5, 5.41) is 9.23. The summed E-state index contributed by atoms with van der Waals surface area (Å²) in [5.41, 5.74) is -1.14. The number of aliphatic carboxylic acids is 1. The lowest BCUT2D eigenvalue weighted by Gasteiger charge is -2.37. The highest BCUT2D eigenvalue weighted by Gasteiger charge is 2.44. The van der Waals surface area contributed by atoms with Gasteiger partial charge in [-0.1, -0.05) is 19.8 Å². The molecule has 0 heterocycles. The summed E-state index contributed by atoms with van der Waals surface area (Å²) in [5.74, 6) is -0.560. The number of carboxylic acids is 1. The fourth-order valence-electron chi connectivity index (χ4n) is 2.88. The largest absolute Gasteiger partial charge is 0.481 e. The van der Waals surface area contributed by atoms with E-state index < -0.39 is 24.0 Å². The van der Waals surface area contributed by atoms with Crippen molar-refractivity contribution in [3.63, 3.8) is 0 Å². The Morgan fingerprint density at radius 1 is 1.33 bits per heavy atom. The van der Waals surface area contributed by atoms with Gasteiger partial charge in [0.05, 0.1) is 5.41 Å². The van der Waals surface area contributed by atoms with Gasteiger partial charge in [0.1, 0.15) is 0 Å². The van der Waals surface area contributed by atoms with Crippen molar-refractivity contribution in [1.29, 1.82) is 0 Å². The van der Waals surface area contributed by atoms with E-state index in [9.17, 15) is 23.1 Å². The molecule has 0 saturated heterocycles. The molecule has 1 aliphatic carbocycles. The molecule has 18 heavy (non-hydrogen) atoms. The van der Waals surface area contributed by atoms with Crippen LogP contribution < -0.4 is 0 Å². The van der Waals surface area contributed by atoms with E-state index in [-0.39, 0.29) is 6.42 Å².